The van der Waals surface area contributed by atoms with Crippen molar-refractivity contribution in [2.75, 3.05) is 0 Å². The minimum Gasteiger partial charge on any atom is -0.391 e. The quantitative estimate of drug-likeness (QED) is 0.239. The number of rotatable bonds is 6. The van der Waals surface area contributed by atoms with E-state index in [9.17, 15) is 8.78 Å². The van der Waals surface area contributed by atoms with Gasteiger partial charge in [-0.2, -0.15) is 0 Å². The third-order valence-corrected chi connectivity index (χ3v) is 5.42. The number of hydrogen-bond donors (Lipinski definition) is 0. The van der Waals surface area contributed by atoms with Gasteiger partial charge in [-0.1, -0.05) is 35.0 Å². The van der Waals surface area contributed by atoms with Crippen LogP contribution in [0.15, 0.2) is 84.0 Å². The van der Waals surface area contributed by atoms with Gasteiger partial charge in [-0.25, -0.2) is 8.78 Å². The third-order valence-electron chi connectivity index (χ3n) is 5.42. The normalized spacial score (nSPS) is 11.6. The summed E-state index contributed by atoms with van der Waals surface area (Å²) in [5.74, 6) is -0.600. The molecule has 4 aromatic rings. The van der Waals surface area contributed by atoms with Crippen molar-refractivity contribution in [2.24, 2.45) is 5.16 Å². The molecular formula is C27H24F2N2O. The molecule has 0 aliphatic carbocycles. The van der Waals surface area contributed by atoms with Crippen molar-refractivity contribution < 1.29 is 13.6 Å². The van der Waals surface area contributed by atoms with Crippen molar-refractivity contribution in [3.05, 3.63) is 113 Å². The third kappa shape index (κ3) is 4.62. The molecular weight excluding hydrogens is 406 g/mol. The minimum absolute atomic E-state index is 0.298. The van der Waals surface area contributed by atoms with E-state index < -0.39 is 0 Å². The second-order valence-corrected chi connectivity index (χ2v) is 7.78. The van der Waals surface area contributed by atoms with Crippen molar-refractivity contribution in [1.29, 1.82) is 0 Å². The van der Waals surface area contributed by atoms with Crippen molar-refractivity contribution in [1.82, 2.24) is 4.57 Å². The Morgan fingerprint density at radius 1 is 0.844 bits per heavy atom. The van der Waals surface area contributed by atoms with Crippen LogP contribution < -0.4 is 0 Å². The molecule has 0 saturated heterocycles. The van der Waals surface area contributed by atoms with Gasteiger partial charge in [0.1, 0.15) is 18.2 Å². The first-order chi connectivity index (χ1) is 15.4. The van der Waals surface area contributed by atoms with Gasteiger partial charge in [-0.05, 0) is 86.5 Å². The standard InChI is InChI=1S/C27H24F2N2O/c1-18-4-6-21(7-5-18)17-32-30-19(2)26-16-27(22-8-10-23(28)11-9-22)31(20(26)3)25-14-12-24(29)13-15-25/h4-16H,17H2,1-3H3. The fourth-order valence-electron chi connectivity index (χ4n) is 3.67. The van der Waals surface area contributed by atoms with Crippen molar-refractivity contribution >= 4 is 5.71 Å². The lowest BCUT2D eigenvalue weighted by Gasteiger charge is -2.12. The molecule has 0 aliphatic heterocycles. The molecule has 0 N–H and O–H groups in total. The second-order valence-electron chi connectivity index (χ2n) is 7.78. The van der Waals surface area contributed by atoms with E-state index in [1.807, 2.05) is 55.7 Å². The lowest BCUT2D eigenvalue weighted by molar-refractivity contribution is 0.130. The Bertz CT molecular complexity index is 1240. The molecule has 0 amide bonds. The maximum atomic E-state index is 13.5. The predicted molar refractivity (Wildman–Crippen MR) is 124 cm³/mol. The predicted octanol–water partition coefficient (Wildman–Crippen LogP) is 6.98. The van der Waals surface area contributed by atoms with Gasteiger partial charge < -0.3 is 9.40 Å². The molecule has 0 radical (unpaired) electrons. The highest BCUT2D eigenvalue weighted by Gasteiger charge is 2.17. The summed E-state index contributed by atoms with van der Waals surface area (Å²) >= 11 is 0. The summed E-state index contributed by atoms with van der Waals surface area (Å²) in [6, 6.07) is 22.7. The molecule has 0 atom stereocenters. The van der Waals surface area contributed by atoms with Crippen molar-refractivity contribution in [2.45, 2.75) is 27.4 Å². The van der Waals surface area contributed by atoms with Gasteiger partial charge in [0.15, 0.2) is 0 Å². The van der Waals surface area contributed by atoms with Crippen molar-refractivity contribution in [3.63, 3.8) is 0 Å². The minimum atomic E-state index is -0.302. The summed E-state index contributed by atoms with van der Waals surface area (Å²) in [4.78, 5) is 5.60. The second kappa shape index (κ2) is 9.18. The highest BCUT2D eigenvalue weighted by molar-refractivity contribution is 6.01. The summed E-state index contributed by atoms with van der Waals surface area (Å²) in [6.45, 7) is 6.28. The van der Waals surface area contributed by atoms with E-state index in [-0.39, 0.29) is 11.6 Å². The molecule has 3 nitrogen and oxygen atoms in total. The number of hydrogen-bond acceptors (Lipinski definition) is 2. The summed E-state index contributed by atoms with van der Waals surface area (Å²) in [5, 5.41) is 4.33. The first kappa shape index (κ1) is 21.5. The van der Waals surface area contributed by atoms with E-state index >= 15 is 0 Å². The van der Waals surface area contributed by atoms with Gasteiger partial charge in [0.2, 0.25) is 0 Å². The SMILES string of the molecule is CC(=NOCc1ccc(C)cc1)c1cc(-c2ccc(F)cc2)n(-c2ccc(F)cc2)c1C. The van der Waals surface area contributed by atoms with E-state index in [1.54, 1.807) is 24.3 Å². The first-order valence-corrected chi connectivity index (χ1v) is 10.4. The van der Waals surface area contributed by atoms with Crippen LogP contribution in [0.4, 0.5) is 8.78 Å². The molecule has 0 saturated carbocycles. The number of aromatic nitrogens is 1. The van der Waals surface area contributed by atoms with Gasteiger partial charge in [-0.3, -0.25) is 0 Å². The average molecular weight is 430 g/mol. The van der Waals surface area contributed by atoms with E-state index in [1.165, 1.54) is 29.8 Å². The highest BCUT2D eigenvalue weighted by Crippen LogP contribution is 2.30. The van der Waals surface area contributed by atoms with Crippen LogP contribution >= 0.6 is 0 Å². The van der Waals surface area contributed by atoms with E-state index in [2.05, 4.69) is 5.16 Å². The molecule has 4 rings (SSSR count). The van der Waals surface area contributed by atoms with Crippen molar-refractivity contribution in [3.8, 4) is 16.9 Å². The van der Waals surface area contributed by atoms with Crippen LogP contribution in [-0.2, 0) is 11.4 Å². The largest absolute Gasteiger partial charge is 0.391 e. The Balaban J connectivity index is 1.70. The van der Waals surface area contributed by atoms with Gasteiger partial charge in [-0.15, -0.1) is 0 Å². The number of aryl methyl sites for hydroxylation is 1. The van der Waals surface area contributed by atoms with Gasteiger partial charge in [0.25, 0.3) is 0 Å². The zero-order chi connectivity index (χ0) is 22.7. The molecule has 32 heavy (non-hydrogen) atoms. The summed E-state index contributed by atoms with van der Waals surface area (Å²) < 4.78 is 29.0. The number of nitrogens with zero attached hydrogens (tertiary/aromatic N) is 2. The van der Waals surface area contributed by atoms with Crippen LogP contribution in [-0.4, -0.2) is 10.3 Å². The Morgan fingerprint density at radius 3 is 2.06 bits per heavy atom. The molecule has 162 valence electrons. The van der Waals surface area contributed by atoms with Gasteiger partial charge in [0.05, 0.1) is 11.4 Å². The molecule has 0 fully saturated rings. The van der Waals surface area contributed by atoms with Crippen LogP contribution in [0.5, 0.6) is 0 Å². The fourth-order valence-corrected chi connectivity index (χ4v) is 3.67. The molecule has 1 aromatic heterocycles. The van der Waals surface area contributed by atoms with E-state index in [0.29, 0.717) is 6.61 Å². The molecule has 0 spiro atoms. The lowest BCUT2D eigenvalue weighted by Crippen LogP contribution is -2.02. The number of oxime groups is 1. The zero-order valence-corrected chi connectivity index (χ0v) is 18.3. The van der Waals surface area contributed by atoms with E-state index in [0.717, 1.165) is 39.5 Å². The average Bonchev–Trinajstić information content (AvgIpc) is 3.13. The Hall–Kier alpha value is -3.73. The van der Waals surface area contributed by atoms with Crippen LogP contribution in [0.1, 0.15) is 29.3 Å². The maximum Gasteiger partial charge on any atom is 0.142 e. The smallest absolute Gasteiger partial charge is 0.142 e. The van der Waals surface area contributed by atoms with E-state index in [4.69, 9.17) is 4.84 Å². The van der Waals surface area contributed by atoms with Crippen LogP contribution in [0.3, 0.4) is 0 Å². The summed E-state index contributed by atoms with van der Waals surface area (Å²) in [7, 11) is 0. The molecule has 0 unspecified atom stereocenters. The monoisotopic (exact) mass is 430 g/mol. The zero-order valence-electron chi connectivity index (χ0n) is 18.3. The Labute approximate surface area is 186 Å². The molecule has 1 heterocycles. The van der Waals surface area contributed by atoms with Crippen LogP contribution in [0.2, 0.25) is 0 Å². The molecule has 5 heteroatoms. The van der Waals surface area contributed by atoms with Gasteiger partial charge in [0, 0.05) is 16.9 Å². The summed E-state index contributed by atoms with van der Waals surface area (Å²) in [5.41, 5.74) is 7.30. The Kier molecular flexibility index (Phi) is 6.17. The molecule has 0 bridgehead atoms. The van der Waals surface area contributed by atoms with Crippen LogP contribution in [0.25, 0.3) is 16.9 Å². The van der Waals surface area contributed by atoms with Crippen LogP contribution in [0, 0.1) is 25.5 Å². The highest BCUT2D eigenvalue weighted by atomic mass is 19.1. The first-order valence-electron chi connectivity index (χ1n) is 10.4. The molecule has 0 aliphatic rings. The Morgan fingerprint density at radius 2 is 1.44 bits per heavy atom. The number of benzene rings is 3. The number of halogens is 2. The summed E-state index contributed by atoms with van der Waals surface area (Å²) in [6.07, 6.45) is 0. The fraction of sp³-hybridized carbons (Fsp3) is 0.148. The van der Waals surface area contributed by atoms with Gasteiger partial charge >= 0.3 is 0 Å². The topological polar surface area (TPSA) is 26.5 Å². The molecule has 3 aromatic carbocycles. The lowest BCUT2D eigenvalue weighted by atomic mass is 10.1. The maximum absolute atomic E-state index is 13.5.